The van der Waals surface area contributed by atoms with Crippen LogP contribution in [0.2, 0.25) is 0 Å². The van der Waals surface area contributed by atoms with Gasteiger partial charge < -0.3 is 14.6 Å². The number of hydrogen-bond acceptors (Lipinski definition) is 3. The summed E-state index contributed by atoms with van der Waals surface area (Å²) in [4.78, 5) is 4.46. The van der Waals surface area contributed by atoms with E-state index < -0.39 is 0 Å². The van der Waals surface area contributed by atoms with Gasteiger partial charge in [-0.1, -0.05) is 6.07 Å². The lowest BCUT2D eigenvalue weighted by molar-refractivity contribution is 0.142. The Morgan fingerprint density at radius 1 is 1.33 bits per heavy atom. The van der Waals surface area contributed by atoms with Gasteiger partial charge in [0.2, 0.25) is 5.95 Å². The van der Waals surface area contributed by atoms with Gasteiger partial charge in [0.1, 0.15) is 5.82 Å². The van der Waals surface area contributed by atoms with Crippen molar-refractivity contribution in [3.8, 4) is 0 Å². The quantitative estimate of drug-likeness (QED) is 0.788. The first kappa shape index (κ1) is 15.5. The molecular formula is C16H22FN3O. The number of ether oxygens (including phenoxy) is 1. The molecule has 21 heavy (non-hydrogen) atoms. The normalized spacial score (nSPS) is 10.9. The molecule has 0 spiro atoms. The SMILES string of the molecule is CCOCCCn1cc(C)nc1Nc1cc(F)ccc1C. The second-order valence-corrected chi connectivity index (χ2v) is 5.03. The van der Waals surface area contributed by atoms with Crippen molar-refractivity contribution in [2.45, 2.75) is 33.7 Å². The summed E-state index contributed by atoms with van der Waals surface area (Å²) in [5, 5.41) is 3.21. The predicted octanol–water partition coefficient (Wildman–Crippen LogP) is 3.81. The molecule has 0 aliphatic rings. The molecule has 114 valence electrons. The first-order valence-electron chi connectivity index (χ1n) is 7.25. The molecule has 0 unspecified atom stereocenters. The maximum absolute atomic E-state index is 13.4. The minimum Gasteiger partial charge on any atom is -0.382 e. The zero-order valence-electron chi connectivity index (χ0n) is 12.8. The molecule has 0 saturated carbocycles. The lowest BCUT2D eigenvalue weighted by atomic mass is 10.2. The molecule has 0 saturated heterocycles. The molecule has 2 aromatic rings. The number of aromatic nitrogens is 2. The third kappa shape index (κ3) is 4.29. The van der Waals surface area contributed by atoms with E-state index in [1.54, 1.807) is 6.07 Å². The molecule has 5 heteroatoms. The number of hydrogen-bond donors (Lipinski definition) is 1. The standard InChI is InChI=1S/C16H22FN3O/c1-4-21-9-5-8-20-11-13(3)18-16(20)19-15-10-14(17)7-6-12(15)2/h6-7,10-11H,4-5,8-9H2,1-3H3,(H,18,19). The zero-order chi connectivity index (χ0) is 15.2. The molecule has 0 radical (unpaired) electrons. The van der Waals surface area contributed by atoms with E-state index in [-0.39, 0.29) is 5.82 Å². The monoisotopic (exact) mass is 291 g/mol. The van der Waals surface area contributed by atoms with Crippen LogP contribution >= 0.6 is 0 Å². The van der Waals surface area contributed by atoms with Gasteiger partial charge >= 0.3 is 0 Å². The fraction of sp³-hybridized carbons (Fsp3) is 0.438. The van der Waals surface area contributed by atoms with E-state index in [4.69, 9.17) is 4.74 Å². The van der Waals surface area contributed by atoms with Crippen LogP contribution < -0.4 is 5.32 Å². The molecule has 0 aliphatic carbocycles. The van der Waals surface area contributed by atoms with Crippen LogP contribution in [0.1, 0.15) is 24.6 Å². The number of halogens is 1. The summed E-state index contributed by atoms with van der Waals surface area (Å²) >= 11 is 0. The van der Waals surface area contributed by atoms with Gasteiger partial charge in [-0.25, -0.2) is 9.37 Å². The van der Waals surface area contributed by atoms with Gasteiger partial charge in [-0.05, 0) is 44.9 Å². The van der Waals surface area contributed by atoms with Crippen molar-refractivity contribution in [1.29, 1.82) is 0 Å². The van der Waals surface area contributed by atoms with Crippen molar-refractivity contribution in [2.75, 3.05) is 18.5 Å². The maximum Gasteiger partial charge on any atom is 0.207 e. The Hall–Kier alpha value is -1.88. The lowest BCUT2D eigenvalue weighted by Gasteiger charge is -2.11. The third-order valence-corrected chi connectivity index (χ3v) is 3.23. The molecule has 1 aromatic heterocycles. The number of anilines is 2. The first-order chi connectivity index (χ1) is 10.1. The lowest BCUT2D eigenvalue weighted by Crippen LogP contribution is -2.06. The summed E-state index contributed by atoms with van der Waals surface area (Å²) in [7, 11) is 0. The van der Waals surface area contributed by atoms with E-state index in [0.29, 0.717) is 0 Å². The van der Waals surface area contributed by atoms with Crippen LogP contribution in [0, 0.1) is 19.7 Å². The second-order valence-electron chi connectivity index (χ2n) is 5.03. The number of imidazole rings is 1. The summed E-state index contributed by atoms with van der Waals surface area (Å²) in [5.41, 5.74) is 2.66. The zero-order valence-corrected chi connectivity index (χ0v) is 12.8. The van der Waals surface area contributed by atoms with Crippen molar-refractivity contribution in [1.82, 2.24) is 9.55 Å². The van der Waals surface area contributed by atoms with E-state index in [1.807, 2.05) is 31.5 Å². The largest absolute Gasteiger partial charge is 0.382 e. The topological polar surface area (TPSA) is 39.1 Å². The average Bonchev–Trinajstić information content (AvgIpc) is 2.79. The molecule has 0 atom stereocenters. The predicted molar refractivity (Wildman–Crippen MR) is 82.5 cm³/mol. The van der Waals surface area contributed by atoms with Gasteiger partial charge in [0.25, 0.3) is 0 Å². The highest BCUT2D eigenvalue weighted by atomic mass is 19.1. The summed E-state index contributed by atoms with van der Waals surface area (Å²) in [5.74, 6) is 0.479. The Balaban J connectivity index is 2.10. The molecule has 1 N–H and O–H groups in total. The van der Waals surface area contributed by atoms with Crippen LogP contribution in [0.25, 0.3) is 0 Å². The Morgan fingerprint density at radius 3 is 2.90 bits per heavy atom. The number of benzene rings is 1. The number of nitrogens with zero attached hydrogens (tertiary/aromatic N) is 2. The van der Waals surface area contributed by atoms with Crippen molar-refractivity contribution in [3.05, 3.63) is 41.5 Å². The number of rotatable bonds is 7. The highest BCUT2D eigenvalue weighted by molar-refractivity contribution is 5.58. The average molecular weight is 291 g/mol. The van der Waals surface area contributed by atoms with Crippen LogP contribution in [0.15, 0.2) is 24.4 Å². The molecule has 0 fully saturated rings. The van der Waals surface area contributed by atoms with E-state index in [1.165, 1.54) is 12.1 Å². The van der Waals surface area contributed by atoms with Gasteiger partial charge in [-0.3, -0.25) is 0 Å². The first-order valence-corrected chi connectivity index (χ1v) is 7.25. The molecule has 0 bridgehead atoms. The maximum atomic E-state index is 13.4. The summed E-state index contributed by atoms with van der Waals surface area (Å²) in [6.45, 7) is 8.15. The smallest absolute Gasteiger partial charge is 0.207 e. The van der Waals surface area contributed by atoms with Crippen molar-refractivity contribution in [3.63, 3.8) is 0 Å². The minimum atomic E-state index is -0.255. The van der Waals surface area contributed by atoms with Crippen molar-refractivity contribution in [2.24, 2.45) is 0 Å². The van der Waals surface area contributed by atoms with Crippen molar-refractivity contribution >= 4 is 11.6 Å². The summed E-state index contributed by atoms with van der Waals surface area (Å²) in [6.07, 6.45) is 2.91. The van der Waals surface area contributed by atoms with Gasteiger partial charge in [0.05, 0.1) is 5.69 Å². The Morgan fingerprint density at radius 2 is 2.14 bits per heavy atom. The summed E-state index contributed by atoms with van der Waals surface area (Å²) < 4.78 is 20.8. The number of aryl methyl sites for hydroxylation is 3. The van der Waals surface area contributed by atoms with Gasteiger partial charge in [-0.2, -0.15) is 0 Å². The van der Waals surface area contributed by atoms with Gasteiger partial charge in [-0.15, -0.1) is 0 Å². The molecule has 0 amide bonds. The van der Waals surface area contributed by atoms with Gasteiger partial charge in [0, 0.05) is 31.6 Å². The Labute approximate surface area is 125 Å². The van der Waals surface area contributed by atoms with E-state index >= 15 is 0 Å². The van der Waals surface area contributed by atoms with E-state index in [0.717, 1.165) is 49.1 Å². The molecular weight excluding hydrogens is 269 g/mol. The Bertz CT molecular complexity index is 595. The molecule has 4 nitrogen and oxygen atoms in total. The summed E-state index contributed by atoms with van der Waals surface area (Å²) in [6, 6.07) is 4.71. The van der Waals surface area contributed by atoms with Gasteiger partial charge in [0.15, 0.2) is 0 Å². The third-order valence-electron chi connectivity index (χ3n) is 3.23. The fourth-order valence-electron chi connectivity index (χ4n) is 2.15. The molecule has 1 heterocycles. The molecule has 0 aliphatic heterocycles. The van der Waals surface area contributed by atoms with Crippen LogP contribution in [-0.4, -0.2) is 22.8 Å². The van der Waals surface area contributed by atoms with Crippen LogP contribution in [0.4, 0.5) is 16.0 Å². The highest BCUT2D eigenvalue weighted by Gasteiger charge is 2.08. The van der Waals surface area contributed by atoms with Crippen LogP contribution in [-0.2, 0) is 11.3 Å². The molecule has 2 rings (SSSR count). The van der Waals surface area contributed by atoms with Crippen LogP contribution in [0.3, 0.4) is 0 Å². The minimum absolute atomic E-state index is 0.255. The molecule has 1 aromatic carbocycles. The van der Waals surface area contributed by atoms with Crippen molar-refractivity contribution < 1.29 is 9.13 Å². The Kier molecular flexibility index (Phi) is 5.33. The van der Waals surface area contributed by atoms with Crippen LogP contribution in [0.5, 0.6) is 0 Å². The number of nitrogens with one attached hydrogen (secondary N) is 1. The fourth-order valence-corrected chi connectivity index (χ4v) is 2.15. The second kappa shape index (κ2) is 7.22. The van der Waals surface area contributed by atoms with E-state index in [9.17, 15) is 4.39 Å². The van der Waals surface area contributed by atoms with E-state index in [2.05, 4.69) is 10.3 Å². The highest BCUT2D eigenvalue weighted by Crippen LogP contribution is 2.21.